The summed E-state index contributed by atoms with van der Waals surface area (Å²) in [5.41, 5.74) is -0.901. The molecule has 1 aliphatic heterocycles. The van der Waals surface area contributed by atoms with Gasteiger partial charge in [-0.2, -0.15) is 0 Å². The lowest BCUT2D eigenvalue weighted by atomic mass is 10.3. The van der Waals surface area contributed by atoms with Gasteiger partial charge >= 0.3 is 5.69 Å². The molecule has 1 atom stereocenters. The highest BCUT2D eigenvalue weighted by molar-refractivity contribution is 8.39. The van der Waals surface area contributed by atoms with Crippen molar-refractivity contribution < 1.29 is 0 Å². The van der Waals surface area contributed by atoms with E-state index in [4.69, 9.17) is 0 Å². The Morgan fingerprint density at radius 1 is 1.53 bits per heavy atom. The van der Waals surface area contributed by atoms with E-state index in [-0.39, 0.29) is 5.37 Å². The molecule has 0 saturated heterocycles. The Kier molecular flexibility index (Phi) is 5.15. The number of aromatic amines is 2. The normalized spacial score (nSPS) is 16.2. The van der Waals surface area contributed by atoms with Gasteiger partial charge in [-0.05, 0) is 6.42 Å². The van der Waals surface area contributed by atoms with Crippen molar-refractivity contribution in [3.05, 3.63) is 26.9 Å². The topological polar surface area (TPSA) is 90.1 Å². The van der Waals surface area contributed by atoms with E-state index in [2.05, 4.69) is 27.2 Å². The average molecular weight is 300 g/mol. The number of H-pyrrole nitrogens is 2. The number of thioether (sulfide) groups is 2. The fourth-order valence-electron chi connectivity index (χ4n) is 1.65. The number of hydrogen-bond donors (Lipinski definition) is 3. The van der Waals surface area contributed by atoms with Crippen molar-refractivity contribution >= 4 is 33.7 Å². The zero-order valence-electron chi connectivity index (χ0n) is 10.6. The van der Waals surface area contributed by atoms with E-state index < -0.39 is 11.2 Å². The molecule has 0 saturated carbocycles. The third-order valence-electron chi connectivity index (χ3n) is 2.43. The molecule has 2 heterocycles. The second-order valence-corrected chi connectivity index (χ2v) is 6.57. The predicted octanol–water partition coefficient (Wildman–Crippen LogP) is 1.44. The third-order valence-corrected chi connectivity index (χ3v) is 4.80. The van der Waals surface area contributed by atoms with Crippen LogP contribution in [0.3, 0.4) is 0 Å². The monoisotopic (exact) mass is 300 g/mol. The molecule has 0 radical (unpaired) electrons. The Hall–Kier alpha value is -1.15. The van der Waals surface area contributed by atoms with E-state index in [0.29, 0.717) is 5.82 Å². The van der Waals surface area contributed by atoms with Gasteiger partial charge in [0, 0.05) is 11.8 Å². The zero-order chi connectivity index (χ0) is 13.7. The van der Waals surface area contributed by atoms with Gasteiger partial charge < -0.3 is 5.32 Å². The van der Waals surface area contributed by atoms with Crippen LogP contribution in [0.25, 0.3) is 0 Å². The first-order valence-corrected chi connectivity index (χ1v) is 7.98. The van der Waals surface area contributed by atoms with Crippen LogP contribution in [0.5, 0.6) is 0 Å². The van der Waals surface area contributed by atoms with Gasteiger partial charge in [0.2, 0.25) is 0 Å². The standard InChI is InChI=1S/C11H16N4O2S2/c1-2-3-9(19-11-12-4-5-18-11)13-7-6-8(16)15-10(17)14-7/h6,9H,2-5H2,1H3,(H3,13,14,15,16,17). The van der Waals surface area contributed by atoms with Crippen LogP contribution < -0.4 is 16.6 Å². The minimum Gasteiger partial charge on any atom is -0.359 e. The molecule has 0 spiro atoms. The number of aromatic nitrogens is 2. The van der Waals surface area contributed by atoms with Gasteiger partial charge in [0.25, 0.3) is 5.56 Å². The van der Waals surface area contributed by atoms with Crippen molar-refractivity contribution in [1.29, 1.82) is 0 Å². The lowest BCUT2D eigenvalue weighted by Crippen LogP contribution is -2.26. The van der Waals surface area contributed by atoms with Gasteiger partial charge in [-0.15, -0.1) is 0 Å². The molecular weight excluding hydrogens is 284 g/mol. The number of hydrogen-bond acceptors (Lipinski definition) is 6. The van der Waals surface area contributed by atoms with Crippen molar-refractivity contribution in [2.24, 2.45) is 4.99 Å². The molecule has 3 N–H and O–H groups in total. The fraction of sp³-hybridized carbons (Fsp3) is 0.545. The van der Waals surface area contributed by atoms with Gasteiger partial charge in [-0.1, -0.05) is 36.9 Å². The van der Waals surface area contributed by atoms with Crippen molar-refractivity contribution in [2.75, 3.05) is 17.6 Å². The summed E-state index contributed by atoms with van der Waals surface area (Å²) in [4.78, 5) is 31.6. The zero-order valence-corrected chi connectivity index (χ0v) is 12.2. The van der Waals surface area contributed by atoms with E-state index in [1.807, 2.05) is 0 Å². The van der Waals surface area contributed by atoms with Crippen molar-refractivity contribution in [3.63, 3.8) is 0 Å². The number of nitrogens with one attached hydrogen (secondary N) is 3. The second-order valence-electron chi connectivity index (χ2n) is 4.04. The van der Waals surface area contributed by atoms with E-state index in [0.717, 1.165) is 29.5 Å². The highest BCUT2D eigenvalue weighted by Gasteiger charge is 2.16. The lowest BCUT2D eigenvalue weighted by Gasteiger charge is -2.17. The minimum absolute atomic E-state index is 0.104. The molecule has 6 nitrogen and oxygen atoms in total. The summed E-state index contributed by atoms with van der Waals surface area (Å²) in [6.07, 6.45) is 1.94. The first-order valence-electron chi connectivity index (χ1n) is 6.11. The minimum atomic E-state index is -0.497. The van der Waals surface area contributed by atoms with E-state index in [1.54, 1.807) is 23.5 Å². The molecule has 2 rings (SSSR count). The fourth-order valence-corrected chi connectivity index (χ4v) is 4.01. The van der Waals surface area contributed by atoms with Crippen molar-refractivity contribution in [1.82, 2.24) is 9.97 Å². The number of aliphatic imine (C=N–C) groups is 1. The van der Waals surface area contributed by atoms with Crippen LogP contribution in [0.15, 0.2) is 20.6 Å². The van der Waals surface area contributed by atoms with E-state index in [1.165, 1.54) is 6.07 Å². The first kappa shape index (κ1) is 14.3. The molecule has 0 aliphatic carbocycles. The van der Waals surface area contributed by atoms with Crippen LogP contribution in [0.2, 0.25) is 0 Å². The summed E-state index contributed by atoms with van der Waals surface area (Å²) >= 11 is 3.40. The second kappa shape index (κ2) is 6.85. The SMILES string of the molecule is CCCC(Nc1cc(=O)[nH]c(=O)[nH]1)SC1=NCCS1. The summed E-state index contributed by atoms with van der Waals surface area (Å²) in [6, 6.07) is 1.36. The summed E-state index contributed by atoms with van der Waals surface area (Å²) in [5.74, 6) is 1.48. The summed E-state index contributed by atoms with van der Waals surface area (Å²) in [7, 11) is 0. The van der Waals surface area contributed by atoms with Gasteiger partial charge in [0.1, 0.15) is 10.2 Å². The third kappa shape index (κ3) is 4.46. The maximum Gasteiger partial charge on any atom is 0.327 e. The molecule has 1 unspecified atom stereocenters. The Balaban J connectivity index is 2.06. The molecule has 0 fully saturated rings. The maximum atomic E-state index is 11.2. The quantitative estimate of drug-likeness (QED) is 0.716. The molecule has 0 amide bonds. The molecule has 8 heteroatoms. The number of anilines is 1. The van der Waals surface area contributed by atoms with Crippen LogP contribution in [-0.2, 0) is 0 Å². The van der Waals surface area contributed by atoms with Crippen LogP contribution in [-0.4, -0.2) is 32.0 Å². The van der Waals surface area contributed by atoms with Gasteiger partial charge in [0.15, 0.2) is 0 Å². The van der Waals surface area contributed by atoms with Crippen molar-refractivity contribution in [2.45, 2.75) is 25.1 Å². The highest BCUT2D eigenvalue weighted by atomic mass is 32.2. The Morgan fingerprint density at radius 3 is 3.00 bits per heavy atom. The van der Waals surface area contributed by atoms with Gasteiger partial charge in [-0.3, -0.25) is 19.8 Å². The number of rotatable bonds is 5. The summed E-state index contributed by atoms with van der Waals surface area (Å²) in [6.45, 7) is 2.97. The Bertz CT molecular complexity index is 538. The predicted molar refractivity (Wildman–Crippen MR) is 82.4 cm³/mol. The van der Waals surface area contributed by atoms with Gasteiger partial charge in [0.05, 0.1) is 11.9 Å². The van der Waals surface area contributed by atoms with Crippen LogP contribution >= 0.6 is 23.5 Å². The van der Waals surface area contributed by atoms with Gasteiger partial charge in [-0.25, -0.2) is 4.79 Å². The Labute approximate surface area is 118 Å². The smallest absolute Gasteiger partial charge is 0.327 e. The van der Waals surface area contributed by atoms with Crippen LogP contribution in [0, 0.1) is 0 Å². The average Bonchev–Trinajstić information content (AvgIpc) is 2.80. The Morgan fingerprint density at radius 2 is 2.37 bits per heavy atom. The lowest BCUT2D eigenvalue weighted by molar-refractivity contribution is 0.793. The van der Waals surface area contributed by atoms with E-state index in [9.17, 15) is 9.59 Å². The highest BCUT2D eigenvalue weighted by Crippen LogP contribution is 2.28. The molecule has 1 aromatic rings. The van der Waals surface area contributed by atoms with Crippen LogP contribution in [0.4, 0.5) is 5.82 Å². The molecule has 0 aromatic carbocycles. The molecule has 104 valence electrons. The first-order chi connectivity index (χ1) is 9.17. The summed E-state index contributed by atoms with van der Waals surface area (Å²) < 4.78 is 1.07. The van der Waals surface area contributed by atoms with Crippen LogP contribution in [0.1, 0.15) is 19.8 Å². The van der Waals surface area contributed by atoms with E-state index >= 15 is 0 Å². The van der Waals surface area contributed by atoms with Crippen molar-refractivity contribution in [3.8, 4) is 0 Å². The largest absolute Gasteiger partial charge is 0.359 e. The molecule has 19 heavy (non-hydrogen) atoms. The molecular formula is C11H16N4O2S2. The number of nitrogens with zero attached hydrogens (tertiary/aromatic N) is 1. The molecule has 1 aromatic heterocycles. The molecule has 0 bridgehead atoms. The summed E-state index contributed by atoms with van der Waals surface area (Å²) in [5, 5.41) is 3.29. The maximum absolute atomic E-state index is 11.2. The molecule has 1 aliphatic rings.